The normalized spacial score (nSPS) is 11.9. The van der Waals surface area contributed by atoms with E-state index in [1.165, 1.54) is 0 Å². The average Bonchev–Trinajstić information content (AvgIpc) is 3.93. The highest BCUT2D eigenvalue weighted by molar-refractivity contribution is 6.19. The van der Waals surface area contributed by atoms with Gasteiger partial charge in [-0.05, 0) is 60.7 Å². The van der Waals surface area contributed by atoms with Crippen molar-refractivity contribution in [3.63, 3.8) is 0 Å². The Balaban J connectivity index is 1.09. The summed E-state index contributed by atoms with van der Waals surface area (Å²) in [6.45, 7) is 0. The molecule has 0 saturated heterocycles. The van der Waals surface area contributed by atoms with Crippen molar-refractivity contribution in [3.8, 4) is 45.5 Å². The molecule has 0 aliphatic carbocycles. The van der Waals surface area contributed by atoms with Gasteiger partial charge in [0.2, 0.25) is 0 Å². The van der Waals surface area contributed by atoms with Crippen molar-refractivity contribution in [1.29, 1.82) is 0 Å². The molecule has 57 heavy (non-hydrogen) atoms. The first kappa shape index (κ1) is 31.4. The third kappa shape index (κ3) is 4.84. The average molecular weight is 732 g/mol. The Hall–Kier alpha value is -7.97. The number of benzene rings is 6. The molecule has 0 aliphatic heterocycles. The molecule has 0 fully saturated rings. The molecule has 266 valence electrons. The number of aromatic nitrogens is 7. The molecule has 0 atom stereocenters. The Morgan fingerprint density at radius 2 is 0.947 bits per heavy atom. The number of pyridine rings is 2. The summed E-state index contributed by atoms with van der Waals surface area (Å²) >= 11 is 0. The zero-order chi connectivity index (χ0) is 37.5. The first-order valence-electron chi connectivity index (χ1n) is 18.8. The second kappa shape index (κ2) is 12.3. The Morgan fingerprint density at radius 1 is 0.386 bits per heavy atom. The molecule has 6 aromatic carbocycles. The van der Waals surface area contributed by atoms with Gasteiger partial charge in [-0.25, -0.2) is 15.0 Å². The van der Waals surface area contributed by atoms with Gasteiger partial charge in [0.25, 0.3) is 0 Å². The lowest BCUT2D eigenvalue weighted by atomic mass is 10.1. The smallest absolute Gasteiger partial charge is 0.164 e. The standard InChI is InChI=1S/C49H29N7O/c1-3-11-30(12-4-1)47-52-48(54-49(53-47)35-18-10-20-45-46(35)34-17-7-8-19-44(34)57-45)31-13-9-16-33(25-31)56-41-22-24-51-29-39(41)37-26-42-36(27-43(37)56)38-28-50-23-21-40(38)55(42)32-14-5-2-6-15-32/h1-29H. The predicted molar refractivity (Wildman–Crippen MR) is 228 cm³/mol. The molecule has 8 heteroatoms. The third-order valence-electron chi connectivity index (χ3n) is 10.9. The van der Waals surface area contributed by atoms with Crippen molar-refractivity contribution >= 4 is 65.6 Å². The molecule has 0 aliphatic rings. The number of hydrogen-bond acceptors (Lipinski definition) is 6. The van der Waals surface area contributed by atoms with Crippen molar-refractivity contribution < 1.29 is 4.42 Å². The molecule has 0 unspecified atom stereocenters. The fourth-order valence-corrected chi connectivity index (χ4v) is 8.44. The summed E-state index contributed by atoms with van der Waals surface area (Å²) in [7, 11) is 0. The fourth-order valence-electron chi connectivity index (χ4n) is 8.44. The molecule has 8 nitrogen and oxygen atoms in total. The summed E-state index contributed by atoms with van der Waals surface area (Å²) in [5.74, 6) is 1.75. The van der Waals surface area contributed by atoms with Gasteiger partial charge in [0, 0.05) is 85.2 Å². The van der Waals surface area contributed by atoms with Crippen molar-refractivity contribution in [1.82, 2.24) is 34.1 Å². The Morgan fingerprint density at radius 3 is 1.68 bits per heavy atom. The van der Waals surface area contributed by atoms with Crippen molar-refractivity contribution in [3.05, 3.63) is 176 Å². The van der Waals surface area contributed by atoms with Gasteiger partial charge in [-0.2, -0.15) is 0 Å². The minimum Gasteiger partial charge on any atom is -0.456 e. The van der Waals surface area contributed by atoms with Gasteiger partial charge in [0.05, 0.1) is 22.1 Å². The summed E-state index contributed by atoms with van der Waals surface area (Å²) in [6.07, 6.45) is 7.65. The lowest BCUT2D eigenvalue weighted by molar-refractivity contribution is 0.669. The van der Waals surface area contributed by atoms with Gasteiger partial charge in [-0.1, -0.05) is 91.0 Å². The highest BCUT2D eigenvalue weighted by atomic mass is 16.3. The number of rotatable bonds is 5. The van der Waals surface area contributed by atoms with E-state index in [0.29, 0.717) is 17.5 Å². The van der Waals surface area contributed by atoms with Crippen LogP contribution < -0.4 is 0 Å². The van der Waals surface area contributed by atoms with Gasteiger partial charge >= 0.3 is 0 Å². The van der Waals surface area contributed by atoms with Crippen LogP contribution in [0.2, 0.25) is 0 Å². The number of para-hydroxylation sites is 2. The molecule has 6 heterocycles. The van der Waals surface area contributed by atoms with E-state index in [2.05, 4.69) is 104 Å². The maximum atomic E-state index is 6.26. The molecule has 6 aromatic heterocycles. The summed E-state index contributed by atoms with van der Waals surface area (Å²) in [5.41, 5.74) is 10.7. The second-order valence-corrected chi connectivity index (χ2v) is 14.2. The van der Waals surface area contributed by atoms with Crippen LogP contribution >= 0.6 is 0 Å². The first-order valence-corrected chi connectivity index (χ1v) is 18.8. The Labute approximate surface area is 325 Å². The van der Waals surface area contributed by atoms with E-state index in [1.807, 2.05) is 91.5 Å². The highest BCUT2D eigenvalue weighted by Gasteiger charge is 2.21. The van der Waals surface area contributed by atoms with Crippen LogP contribution in [0, 0.1) is 0 Å². The third-order valence-corrected chi connectivity index (χ3v) is 10.9. The van der Waals surface area contributed by atoms with E-state index < -0.39 is 0 Å². The minimum atomic E-state index is 0.576. The zero-order valence-corrected chi connectivity index (χ0v) is 30.3. The van der Waals surface area contributed by atoms with Gasteiger partial charge in [-0.15, -0.1) is 0 Å². The number of furan rings is 1. The topological polar surface area (TPSA) is 87.5 Å². The Kier molecular flexibility index (Phi) is 6.76. The summed E-state index contributed by atoms with van der Waals surface area (Å²) < 4.78 is 10.9. The molecule has 0 N–H and O–H groups in total. The van der Waals surface area contributed by atoms with Gasteiger partial charge in [0.15, 0.2) is 17.5 Å². The van der Waals surface area contributed by atoms with Crippen molar-refractivity contribution in [2.75, 3.05) is 0 Å². The monoisotopic (exact) mass is 731 g/mol. The van der Waals surface area contributed by atoms with Crippen LogP contribution in [0.25, 0.3) is 111 Å². The summed E-state index contributed by atoms with van der Waals surface area (Å²) in [5, 5.41) is 6.39. The van der Waals surface area contributed by atoms with E-state index in [4.69, 9.17) is 19.4 Å². The predicted octanol–water partition coefficient (Wildman–Crippen LogP) is 11.8. The van der Waals surface area contributed by atoms with Crippen molar-refractivity contribution in [2.45, 2.75) is 0 Å². The summed E-state index contributed by atoms with van der Waals surface area (Å²) in [6, 6.07) is 51.9. The molecule has 0 radical (unpaired) electrons. The maximum absolute atomic E-state index is 6.26. The van der Waals surface area contributed by atoms with Gasteiger partial charge < -0.3 is 13.6 Å². The molecule has 12 aromatic rings. The maximum Gasteiger partial charge on any atom is 0.164 e. The van der Waals surface area contributed by atoms with Gasteiger partial charge in [-0.3, -0.25) is 9.97 Å². The molecular formula is C49H29N7O. The quantitative estimate of drug-likeness (QED) is 0.175. The Bertz CT molecular complexity index is 3530. The largest absolute Gasteiger partial charge is 0.456 e. The van der Waals surface area contributed by atoms with E-state index in [9.17, 15) is 0 Å². The number of fused-ring (bicyclic) bond motifs is 9. The number of nitrogens with zero attached hydrogens (tertiary/aromatic N) is 7. The van der Waals surface area contributed by atoms with E-state index >= 15 is 0 Å². The lowest BCUT2D eigenvalue weighted by Crippen LogP contribution is -2.01. The highest BCUT2D eigenvalue weighted by Crippen LogP contribution is 2.40. The van der Waals surface area contributed by atoms with Crippen LogP contribution in [-0.4, -0.2) is 34.1 Å². The van der Waals surface area contributed by atoms with E-state index in [-0.39, 0.29) is 0 Å². The van der Waals surface area contributed by atoms with Gasteiger partial charge in [0.1, 0.15) is 11.2 Å². The van der Waals surface area contributed by atoms with Crippen LogP contribution in [0.4, 0.5) is 0 Å². The van der Waals surface area contributed by atoms with E-state index in [1.54, 1.807) is 0 Å². The van der Waals surface area contributed by atoms with E-state index in [0.717, 1.165) is 93.6 Å². The molecule has 0 bridgehead atoms. The minimum absolute atomic E-state index is 0.576. The molecule has 0 amide bonds. The lowest BCUT2D eigenvalue weighted by Gasteiger charge is -2.12. The SMILES string of the molecule is c1ccc(-c2nc(-c3cccc(-n4c5ccncc5c5cc6c(cc54)c4cnccc4n6-c4ccccc4)c3)nc(-c3cccc4oc5ccccc5c34)n2)cc1. The fraction of sp³-hybridized carbons (Fsp3) is 0. The summed E-state index contributed by atoms with van der Waals surface area (Å²) in [4.78, 5) is 24.5. The first-order chi connectivity index (χ1) is 28.3. The molecule has 0 saturated carbocycles. The van der Waals surface area contributed by atoms with Crippen LogP contribution in [0.15, 0.2) is 181 Å². The van der Waals surface area contributed by atoms with Crippen LogP contribution in [0.3, 0.4) is 0 Å². The molecular weight excluding hydrogens is 703 g/mol. The second-order valence-electron chi connectivity index (χ2n) is 14.2. The number of hydrogen-bond donors (Lipinski definition) is 0. The molecule has 12 rings (SSSR count). The zero-order valence-electron chi connectivity index (χ0n) is 30.3. The molecule has 0 spiro atoms. The van der Waals surface area contributed by atoms with Crippen LogP contribution in [0.5, 0.6) is 0 Å². The van der Waals surface area contributed by atoms with Crippen LogP contribution in [0.1, 0.15) is 0 Å². The van der Waals surface area contributed by atoms with Crippen LogP contribution in [-0.2, 0) is 0 Å². The van der Waals surface area contributed by atoms with Crippen molar-refractivity contribution in [2.24, 2.45) is 0 Å².